The van der Waals surface area contributed by atoms with Crippen LogP contribution in [0, 0.1) is 11.8 Å². The fourth-order valence-corrected chi connectivity index (χ4v) is 2.25. The summed E-state index contributed by atoms with van der Waals surface area (Å²) in [5.41, 5.74) is -0.477. The Morgan fingerprint density at radius 1 is 1.04 bits per heavy atom. The van der Waals surface area contributed by atoms with Crippen LogP contribution >= 0.6 is 0 Å². The van der Waals surface area contributed by atoms with Gasteiger partial charge in [-0.2, -0.15) is 13.2 Å². The Labute approximate surface area is 150 Å². The number of esters is 1. The van der Waals surface area contributed by atoms with Crippen molar-refractivity contribution in [1.82, 2.24) is 0 Å². The number of hydrogen-bond acceptors (Lipinski definition) is 5. The number of hydrogen-bond donors (Lipinski definition) is 0. The van der Waals surface area contributed by atoms with E-state index in [-0.39, 0.29) is 5.56 Å². The number of carboxylic acids is 1. The molecule has 2 atom stereocenters. The van der Waals surface area contributed by atoms with Crippen molar-refractivity contribution >= 4 is 11.9 Å². The maximum atomic E-state index is 13.0. The molecule has 5 nitrogen and oxygen atoms in total. The highest BCUT2D eigenvalue weighted by Gasteiger charge is 2.48. The van der Waals surface area contributed by atoms with Gasteiger partial charge in [0.2, 0.25) is 0 Å². The van der Waals surface area contributed by atoms with Crippen LogP contribution in [0.25, 0.3) is 0 Å². The maximum absolute atomic E-state index is 13.0. The van der Waals surface area contributed by atoms with Crippen molar-refractivity contribution in [3.63, 3.8) is 0 Å². The van der Waals surface area contributed by atoms with Crippen molar-refractivity contribution in [1.29, 1.82) is 0 Å². The van der Waals surface area contributed by atoms with Crippen molar-refractivity contribution in [2.75, 3.05) is 0 Å². The fraction of sp³-hybridized carbons (Fsp3) is 0.556. The van der Waals surface area contributed by atoms with Crippen molar-refractivity contribution in [2.24, 2.45) is 11.8 Å². The van der Waals surface area contributed by atoms with E-state index in [1.54, 1.807) is 0 Å². The second-order valence-corrected chi connectivity index (χ2v) is 7.19. The molecule has 0 saturated heterocycles. The zero-order valence-electron chi connectivity index (χ0n) is 15.2. The second-order valence-electron chi connectivity index (χ2n) is 7.19. The number of rotatable bonds is 6. The van der Waals surface area contributed by atoms with Gasteiger partial charge in [-0.15, -0.1) is 0 Å². The third kappa shape index (κ3) is 6.24. The quantitative estimate of drug-likeness (QED) is 0.715. The van der Waals surface area contributed by atoms with Crippen LogP contribution in [-0.2, 0) is 9.53 Å². The molecule has 0 bridgehead atoms. The van der Waals surface area contributed by atoms with E-state index in [1.807, 2.05) is 20.8 Å². The van der Waals surface area contributed by atoms with Gasteiger partial charge in [0.25, 0.3) is 0 Å². The van der Waals surface area contributed by atoms with Crippen LogP contribution < -0.4 is 9.84 Å². The van der Waals surface area contributed by atoms with Gasteiger partial charge in [-0.05, 0) is 51.0 Å². The number of carbonyl (C=O) groups excluding carboxylic acids is 2. The Morgan fingerprint density at radius 3 is 1.88 bits per heavy atom. The van der Waals surface area contributed by atoms with Crippen LogP contribution in [0.5, 0.6) is 5.75 Å². The molecule has 0 aliphatic rings. The average Bonchev–Trinajstić information content (AvgIpc) is 2.43. The zero-order chi connectivity index (χ0) is 20.3. The molecule has 0 fully saturated rings. The lowest BCUT2D eigenvalue weighted by atomic mass is 9.92. The van der Waals surface area contributed by atoms with E-state index in [9.17, 15) is 27.9 Å². The standard InChI is InChI=1S/C18H23F3O5/c1-10(2)14(13(15(22)23)18(19,20)21)25-16(24)11-6-8-12(9-7-11)26-17(3,4)5/h6-10,13-14H,1-5H3,(H,22,23)/p-1. The number of benzene rings is 1. The number of ether oxygens (including phenoxy) is 2. The van der Waals surface area contributed by atoms with Gasteiger partial charge >= 0.3 is 12.1 Å². The lowest BCUT2D eigenvalue weighted by Crippen LogP contribution is -2.50. The topological polar surface area (TPSA) is 75.7 Å². The van der Waals surface area contributed by atoms with Crippen LogP contribution in [-0.4, -0.2) is 29.8 Å². The Bertz CT molecular complexity index is 630. The Balaban J connectivity index is 2.99. The summed E-state index contributed by atoms with van der Waals surface area (Å²) in [6.07, 6.45) is -7.00. The fourth-order valence-electron chi connectivity index (χ4n) is 2.25. The minimum absolute atomic E-state index is 0.0174. The highest BCUT2D eigenvalue weighted by atomic mass is 19.4. The maximum Gasteiger partial charge on any atom is 0.400 e. The van der Waals surface area contributed by atoms with Crippen LogP contribution in [0.15, 0.2) is 24.3 Å². The third-order valence-corrected chi connectivity index (χ3v) is 3.35. The van der Waals surface area contributed by atoms with Crippen LogP contribution in [0.3, 0.4) is 0 Å². The summed E-state index contributed by atoms with van der Waals surface area (Å²) in [6.45, 7) is 8.17. The first-order valence-electron chi connectivity index (χ1n) is 8.00. The molecule has 0 aliphatic heterocycles. The molecule has 146 valence electrons. The molecule has 2 unspecified atom stereocenters. The molecule has 1 aromatic rings. The molecule has 8 heteroatoms. The van der Waals surface area contributed by atoms with E-state index < -0.39 is 41.7 Å². The number of carboxylic acid groups (broad SMARTS) is 1. The van der Waals surface area contributed by atoms with Crippen molar-refractivity contribution < 1.29 is 37.3 Å². The smallest absolute Gasteiger partial charge is 0.400 e. The van der Waals surface area contributed by atoms with E-state index in [0.717, 1.165) is 0 Å². The lowest BCUT2D eigenvalue weighted by molar-refractivity contribution is -0.332. The highest BCUT2D eigenvalue weighted by Crippen LogP contribution is 2.33. The summed E-state index contributed by atoms with van der Waals surface area (Å²) in [7, 11) is 0. The SMILES string of the molecule is CC(C)C(OC(=O)c1ccc(OC(C)(C)C)cc1)C(C(=O)[O-])C(F)(F)F. The Kier molecular flexibility index (Phi) is 6.68. The van der Waals surface area contributed by atoms with Gasteiger partial charge < -0.3 is 19.4 Å². The third-order valence-electron chi connectivity index (χ3n) is 3.35. The van der Waals surface area contributed by atoms with Gasteiger partial charge in [0.05, 0.1) is 11.5 Å². The molecule has 1 rings (SSSR count). The molecule has 0 aromatic heterocycles. The molecule has 0 heterocycles. The van der Waals surface area contributed by atoms with Gasteiger partial charge in [0.1, 0.15) is 23.4 Å². The van der Waals surface area contributed by atoms with E-state index in [1.165, 1.54) is 38.1 Å². The van der Waals surface area contributed by atoms with Crippen molar-refractivity contribution in [3.05, 3.63) is 29.8 Å². The number of alkyl halides is 3. The summed E-state index contributed by atoms with van der Waals surface area (Å²) in [5.74, 6) is -6.71. The Hall–Kier alpha value is -2.25. The Morgan fingerprint density at radius 2 is 1.54 bits per heavy atom. The van der Waals surface area contributed by atoms with E-state index in [0.29, 0.717) is 5.75 Å². The van der Waals surface area contributed by atoms with Gasteiger partial charge in [-0.3, -0.25) is 0 Å². The first kappa shape index (κ1) is 21.8. The molecular formula is C18H22F3O5-. The average molecular weight is 375 g/mol. The molecule has 0 aliphatic carbocycles. The molecule has 0 spiro atoms. The first-order valence-corrected chi connectivity index (χ1v) is 8.00. The first-order chi connectivity index (χ1) is 11.7. The van der Waals surface area contributed by atoms with E-state index >= 15 is 0 Å². The molecule has 1 aromatic carbocycles. The van der Waals surface area contributed by atoms with Crippen molar-refractivity contribution in [2.45, 2.75) is 52.5 Å². The van der Waals surface area contributed by atoms with Crippen LogP contribution in [0.2, 0.25) is 0 Å². The molecule has 0 radical (unpaired) electrons. The monoisotopic (exact) mass is 375 g/mol. The number of halogens is 3. The minimum Gasteiger partial charge on any atom is -0.549 e. The number of aliphatic carboxylic acids is 1. The second kappa shape index (κ2) is 7.97. The van der Waals surface area contributed by atoms with Gasteiger partial charge in [-0.1, -0.05) is 13.8 Å². The van der Waals surface area contributed by atoms with Crippen molar-refractivity contribution in [3.8, 4) is 5.75 Å². The normalized spacial score (nSPS) is 14.7. The summed E-state index contributed by atoms with van der Waals surface area (Å²) >= 11 is 0. The predicted molar refractivity (Wildman–Crippen MR) is 85.4 cm³/mol. The summed E-state index contributed by atoms with van der Waals surface area (Å²) < 4.78 is 49.5. The van der Waals surface area contributed by atoms with Gasteiger partial charge in [-0.25, -0.2) is 4.79 Å². The molecular weight excluding hydrogens is 353 g/mol. The molecule has 0 saturated carbocycles. The van der Waals surface area contributed by atoms with E-state index in [2.05, 4.69) is 0 Å². The van der Waals surface area contributed by atoms with Crippen LogP contribution in [0.1, 0.15) is 45.0 Å². The van der Waals surface area contributed by atoms with Gasteiger partial charge in [0, 0.05) is 0 Å². The highest BCUT2D eigenvalue weighted by molar-refractivity contribution is 5.90. The van der Waals surface area contributed by atoms with Gasteiger partial charge in [0.15, 0.2) is 0 Å². The molecule has 0 amide bonds. The number of carbonyl (C=O) groups is 2. The summed E-state index contributed by atoms with van der Waals surface area (Å²) in [4.78, 5) is 23.1. The largest absolute Gasteiger partial charge is 0.549 e. The van der Waals surface area contributed by atoms with Crippen LogP contribution in [0.4, 0.5) is 13.2 Å². The molecule has 26 heavy (non-hydrogen) atoms. The summed E-state index contributed by atoms with van der Waals surface area (Å²) in [6, 6.07) is 5.63. The lowest BCUT2D eigenvalue weighted by Gasteiger charge is -2.32. The minimum atomic E-state index is -5.10. The van der Waals surface area contributed by atoms with E-state index in [4.69, 9.17) is 9.47 Å². The molecule has 0 N–H and O–H groups in total. The predicted octanol–water partition coefficient (Wildman–Crippen LogP) is 2.97. The summed E-state index contributed by atoms with van der Waals surface area (Å²) in [5, 5.41) is 10.9. The zero-order valence-corrected chi connectivity index (χ0v) is 15.2.